The van der Waals surface area contributed by atoms with Crippen LogP contribution >= 0.6 is 0 Å². The molecule has 23 heavy (non-hydrogen) atoms. The lowest BCUT2D eigenvalue weighted by Gasteiger charge is -2.21. The van der Waals surface area contributed by atoms with Crippen molar-refractivity contribution < 1.29 is 14.5 Å². The molecule has 6 nitrogen and oxygen atoms in total. The van der Waals surface area contributed by atoms with E-state index >= 15 is 0 Å². The van der Waals surface area contributed by atoms with E-state index in [0.29, 0.717) is 6.42 Å². The molecule has 1 N–H and O–H groups in total. The van der Waals surface area contributed by atoms with Crippen molar-refractivity contribution >= 4 is 17.5 Å². The van der Waals surface area contributed by atoms with Gasteiger partial charge in [0, 0.05) is 6.42 Å². The number of nitrogens with zero attached hydrogens (tertiary/aromatic N) is 2. The number of piperidine rings is 1. The maximum Gasteiger partial charge on any atom is 0.273 e. The summed E-state index contributed by atoms with van der Waals surface area (Å²) in [5.74, 6) is -1.12. The standard InChI is InChI=1S/C17H21N3O3/c1-17(2,3)10-5-6-11-13(9-10)19(4)20(23)15(11)12-7-8-14(21)18-16(12)22/h5-6,9,12,15H,7-8H2,1-4H3/p+1. The molecule has 6 heteroatoms. The summed E-state index contributed by atoms with van der Waals surface area (Å²) in [6.07, 6.45) is 0.683. The van der Waals surface area contributed by atoms with Gasteiger partial charge in [-0.25, -0.2) is 0 Å². The fourth-order valence-electron chi connectivity index (χ4n) is 3.33. The Morgan fingerprint density at radius 1 is 1.26 bits per heavy atom. The molecule has 122 valence electrons. The van der Waals surface area contributed by atoms with Crippen LogP contribution in [0.4, 0.5) is 5.69 Å². The highest BCUT2D eigenvalue weighted by Crippen LogP contribution is 2.44. The number of carbonyl (C=O) groups excluding carboxylic acids is 2. The number of fused-ring (bicyclic) bond motifs is 1. The average molecular weight is 316 g/mol. The number of hydrazine groups is 1. The Labute approximate surface area is 135 Å². The van der Waals surface area contributed by atoms with Gasteiger partial charge in [0.1, 0.15) is 16.5 Å². The second kappa shape index (κ2) is 5.15. The Morgan fingerprint density at radius 3 is 2.57 bits per heavy atom. The molecule has 2 aliphatic rings. The van der Waals surface area contributed by atoms with E-state index < -0.39 is 12.0 Å². The first-order valence-corrected chi connectivity index (χ1v) is 7.88. The van der Waals surface area contributed by atoms with E-state index in [1.165, 1.54) is 0 Å². The number of rotatable bonds is 1. The molecule has 1 aromatic rings. The van der Waals surface area contributed by atoms with Crippen molar-refractivity contribution in [1.82, 2.24) is 5.32 Å². The molecule has 2 atom stereocenters. The van der Waals surface area contributed by atoms with Gasteiger partial charge in [-0.1, -0.05) is 26.8 Å². The van der Waals surface area contributed by atoms with Gasteiger partial charge >= 0.3 is 0 Å². The first-order valence-electron chi connectivity index (χ1n) is 7.88. The zero-order valence-corrected chi connectivity index (χ0v) is 13.9. The molecule has 0 bridgehead atoms. The number of anilines is 1. The Kier molecular flexibility index (Phi) is 3.50. The third-order valence-corrected chi connectivity index (χ3v) is 4.76. The number of hydrogen-bond donors (Lipinski definition) is 1. The summed E-state index contributed by atoms with van der Waals surface area (Å²) in [6, 6.07) is 5.41. The number of imide groups is 1. The first kappa shape index (κ1) is 15.6. The Balaban J connectivity index is 2.01. The van der Waals surface area contributed by atoms with Crippen LogP contribution in [-0.2, 0) is 15.0 Å². The largest absolute Gasteiger partial charge is 0.296 e. The number of nitroso groups, excluding NO2 is 1. The molecule has 2 aliphatic heterocycles. The lowest BCUT2D eigenvalue weighted by atomic mass is 9.83. The summed E-state index contributed by atoms with van der Waals surface area (Å²) in [5, 5.41) is 3.90. The minimum absolute atomic E-state index is 0.0176. The average Bonchev–Trinajstić information content (AvgIpc) is 2.71. The van der Waals surface area contributed by atoms with Crippen molar-refractivity contribution in [2.45, 2.75) is 45.1 Å². The lowest BCUT2D eigenvalue weighted by molar-refractivity contribution is -0.597. The second-order valence-corrected chi connectivity index (χ2v) is 7.35. The van der Waals surface area contributed by atoms with Gasteiger partial charge in [-0.05, 0) is 29.5 Å². The van der Waals surface area contributed by atoms with Crippen LogP contribution in [0.25, 0.3) is 0 Å². The van der Waals surface area contributed by atoms with Crippen LogP contribution in [0.2, 0.25) is 0 Å². The summed E-state index contributed by atoms with van der Waals surface area (Å²) in [4.78, 5) is 37.0. The fourth-order valence-corrected chi connectivity index (χ4v) is 3.33. The van der Waals surface area contributed by atoms with Crippen LogP contribution in [0.15, 0.2) is 18.2 Å². The zero-order chi connectivity index (χ0) is 16.9. The maximum atomic E-state index is 12.6. The van der Waals surface area contributed by atoms with Crippen molar-refractivity contribution in [1.29, 1.82) is 0 Å². The Morgan fingerprint density at radius 2 is 1.96 bits per heavy atom. The fraction of sp³-hybridized carbons (Fsp3) is 0.529. The molecule has 0 aliphatic carbocycles. The molecule has 2 unspecified atom stereocenters. The van der Waals surface area contributed by atoms with Gasteiger partial charge < -0.3 is 0 Å². The predicted octanol–water partition coefficient (Wildman–Crippen LogP) is 2.22. The Bertz CT molecular complexity index is 706. The van der Waals surface area contributed by atoms with Crippen molar-refractivity contribution in [2.75, 3.05) is 12.1 Å². The summed E-state index contributed by atoms with van der Waals surface area (Å²) in [6.45, 7) is 6.36. The minimum Gasteiger partial charge on any atom is -0.296 e. The molecule has 2 amide bonds. The van der Waals surface area contributed by atoms with Crippen LogP contribution in [-0.4, -0.2) is 23.7 Å². The monoisotopic (exact) mass is 316 g/mol. The van der Waals surface area contributed by atoms with Gasteiger partial charge in [-0.2, -0.15) is 0 Å². The van der Waals surface area contributed by atoms with E-state index in [9.17, 15) is 14.5 Å². The maximum absolute atomic E-state index is 12.6. The van der Waals surface area contributed by atoms with Crippen molar-refractivity contribution in [3.63, 3.8) is 0 Å². The highest BCUT2D eigenvalue weighted by Gasteiger charge is 2.52. The summed E-state index contributed by atoms with van der Waals surface area (Å²) in [5.41, 5.74) is 2.81. The first-order chi connectivity index (χ1) is 10.7. The molecule has 2 heterocycles. The van der Waals surface area contributed by atoms with Gasteiger partial charge in [0.2, 0.25) is 11.8 Å². The van der Waals surface area contributed by atoms with E-state index in [2.05, 4.69) is 26.1 Å². The van der Waals surface area contributed by atoms with Gasteiger partial charge in [-0.3, -0.25) is 14.9 Å². The van der Waals surface area contributed by atoms with Crippen LogP contribution in [0.1, 0.15) is 50.8 Å². The van der Waals surface area contributed by atoms with Crippen molar-refractivity contribution in [3.8, 4) is 0 Å². The number of amides is 2. The molecule has 1 fully saturated rings. The lowest BCUT2D eigenvalue weighted by Crippen LogP contribution is -2.45. The number of nitrogens with one attached hydrogen (secondary N) is 1. The second-order valence-electron chi connectivity index (χ2n) is 7.35. The van der Waals surface area contributed by atoms with Crippen LogP contribution in [0, 0.1) is 10.8 Å². The third-order valence-electron chi connectivity index (χ3n) is 4.76. The molecular formula is C17H22N3O3+. The molecular weight excluding hydrogens is 294 g/mol. The van der Waals surface area contributed by atoms with Crippen LogP contribution in [0.5, 0.6) is 0 Å². The van der Waals surface area contributed by atoms with Crippen molar-refractivity contribution in [3.05, 3.63) is 34.2 Å². The van der Waals surface area contributed by atoms with Crippen LogP contribution < -0.4 is 10.3 Å². The van der Waals surface area contributed by atoms with E-state index in [1.807, 2.05) is 18.2 Å². The third kappa shape index (κ3) is 2.52. The van der Waals surface area contributed by atoms with Gasteiger partial charge in [-0.15, -0.1) is 5.01 Å². The highest BCUT2D eigenvalue weighted by atomic mass is 16.3. The van der Waals surface area contributed by atoms with Crippen molar-refractivity contribution in [2.24, 2.45) is 5.92 Å². The van der Waals surface area contributed by atoms with E-state index in [-0.39, 0.29) is 23.7 Å². The summed E-state index contributed by atoms with van der Waals surface area (Å²) >= 11 is 0. The smallest absolute Gasteiger partial charge is 0.273 e. The topological polar surface area (TPSA) is 69.5 Å². The number of carbonyl (C=O) groups is 2. The molecule has 1 aromatic carbocycles. The highest BCUT2D eigenvalue weighted by molar-refractivity contribution is 5.99. The summed E-state index contributed by atoms with van der Waals surface area (Å²) in [7, 11) is 1.71. The van der Waals surface area contributed by atoms with Gasteiger partial charge in [0.15, 0.2) is 0 Å². The summed E-state index contributed by atoms with van der Waals surface area (Å²) < 4.78 is 0. The molecule has 0 saturated carbocycles. The van der Waals surface area contributed by atoms with Gasteiger partial charge in [0.25, 0.3) is 6.04 Å². The van der Waals surface area contributed by atoms with Gasteiger partial charge in [0.05, 0.1) is 17.5 Å². The molecule has 3 rings (SSSR count). The predicted molar refractivity (Wildman–Crippen MR) is 85.8 cm³/mol. The van der Waals surface area contributed by atoms with E-state index in [1.54, 1.807) is 12.1 Å². The molecule has 0 aromatic heterocycles. The molecule has 1 saturated heterocycles. The SMILES string of the molecule is CN1c2cc(C(C)(C)C)ccc2C(C2CCC(=O)NC2=O)[N+]1=O. The van der Waals surface area contributed by atoms with E-state index in [4.69, 9.17) is 0 Å². The number of hydrogen-bond acceptors (Lipinski definition) is 3. The normalized spacial score (nSPS) is 24.7. The molecule has 0 spiro atoms. The molecule has 0 radical (unpaired) electrons. The van der Waals surface area contributed by atoms with E-state index in [0.717, 1.165) is 21.7 Å². The zero-order valence-electron chi connectivity index (χ0n) is 13.9. The number of benzene rings is 1. The minimum atomic E-state index is -0.572. The van der Waals surface area contributed by atoms with Crippen LogP contribution in [0.3, 0.4) is 0 Å². The quantitative estimate of drug-likeness (QED) is 0.637. The Hall–Kier alpha value is -2.24.